The van der Waals surface area contributed by atoms with Crippen LogP contribution in [0.5, 0.6) is 0 Å². The Morgan fingerprint density at radius 3 is 2.31 bits per heavy atom. The number of carbonyl (C=O) groups excluding carboxylic acids is 2. The van der Waals surface area contributed by atoms with Crippen LogP contribution in [0.25, 0.3) is 0 Å². The van der Waals surface area contributed by atoms with Crippen molar-refractivity contribution in [3.63, 3.8) is 0 Å². The van der Waals surface area contributed by atoms with Crippen LogP contribution in [0.15, 0.2) is 11.6 Å². The fourth-order valence-electron chi connectivity index (χ4n) is 10.9. The normalized spacial score (nSPS) is 55.6. The number of esters is 1. The number of fused-ring (bicyclic) bond motifs is 7. The molecule has 3 unspecified atom stereocenters. The van der Waals surface area contributed by atoms with E-state index in [-0.39, 0.29) is 39.8 Å². The maximum Gasteiger partial charge on any atom is 0.314 e. The van der Waals surface area contributed by atoms with Gasteiger partial charge < -0.3 is 9.84 Å². The van der Waals surface area contributed by atoms with Crippen molar-refractivity contribution < 1.29 is 19.4 Å². The number of rotatable bonds is 1. The molecule has 0 aromatic heterocycles. The number of hydrogen-bond donors (Lipinski definition) is 1. The summed E-state index contributed by atoms with van der Waals surface area (Å²) in [6, 6.07) is 0. The molecule has 0 spiro atoms. The van der Waals surface area contributed by atoms with E-state index in [9.17, 15) is 14.7 Å². The summed E-state index contributed by atoms with van der Waals surface area (Å²) in [5, 5.41) is 11.1. The van der Waals surface area contributed by atoms with Crippen LogP contribution in [-0.4, -0.2) is 30.1 Å². The van der Waals surface area contributed by atoms with E-state index < -0.39 is 11.5 Å². The van der Waals surface area contributed by atoms with Gasteiger partial charge in [0.05, 0.1) is 18.6 Å². The molecule has 4 nitrogen and oxygen atoms in total. The molecule has 196 valence electrons. The van der Waals surface area contributed by atoms with Gasteiger partial charge in [0.2, 0.25) is 0 Å². The van der Waals surface area contributed by atoms with Gasteiger partial charge in [0.1, 0.15) is 0 Å². The zero-order chi connectivity index (χ0) is 25.8. The zero-order valence-electron chi connectivity index (χ0n) is 23.4. The van der Waals surface area contributed by atoms with Crippen molar-refractivity contribution in [3.8, 4) is 0 Å². The summed E-state index contributed by atoms with van der Waals surface area (Å²) < 4.78 is 5.25. The first kappa shape index (κ1) is 25.5. The smallest absolute Gasteiger partial charge is 0.314 e. The third kappa shape index (κ3) is 2.95. The number of ketones is 1. The number of methoxy groups -OCH3 is 1. The van der Waals surface area contributed by atoms with Crippen LogP contribution in [0.3, 0.4) is 0 Å². The highest BCUT2D eigenvalue weighted by Gasteiger charge is 2.71. The van der Waals surface area contributed by atoms with Gasteiger partial charge in [-0.1, -0.05) is 47.1 Å². The largest absolute Gasteiger partial charge is 0.469 e. The minimum absolute atomic E-state index is 0.00716. The number of aliphatic hydroxyl groups is 1. The first-order chi connectivity index (χ1) is 16.2. The third-order valence-electron chi connectivity index (χ3n) is 13.4. The number of carbonyl (C=O) groups is 2. The monoisotopic (exact) mass is 484 g/mol. The summed E-state index contributed by atoms with van der Waals surface area (Å²) in [6.45, 7) is 16.4. The lowest BCUT2D eigenvalue weighted by atomic mass is 9.33. The second kappa shape index (κ2) is 7.68. The SMILES string of the molecule is COC(=O)C1(C)C(O)CC[C@@]2(C)C1CC[C@]1(C)[C@@H]2C(=O)C=C2[C@@H]3[C@@H](C)[C@H](C)CC[C@]3(C)CC[C@]21C. The second-order valence-electron chi connectivity index (χ2n) is 14.6. The zero-order valence-corrected chi connectivity index (χ0v) is 23.4. The molecule has 1 N–H and O–H groups in total. The highest BCUT2D eigenvalue weighted by molar-refractivity contribution is 5.96. The molecule has 4 fully saturated rings. The predicted molar refractivity (Wildman–Crippen MR) is 137 cm³/mol. The van der Waals surface area contributed by atoms with Crippen molar-refractivity contribution in [1.29, 1.82) is 0 Å². The average Bonchev–Trinajstić information content (AvgIpc) is 2.80. The molecular weight excluding hydrogens is 436 g/mol. The van der Waals surface area contributed by atoms with E-state index in [1.54, 1.807) is 0 Å². The van der Waals surface area contributed by atoms with E-state index in [4.69, 9.17) is 4.74 Å². The lowest BCUT2D eigenvalue weighted by molar-refractivity contribution is -0.216. The average molecular weight is 485 g/mol. The van der Waals surface area contributed by atoms with Crippen molar-refractivity contribution in [3.05, 3.63) is 11.6 Å². The van der Waals surface area contributed by atoms with Gasteiger partial charge in [-0.05, 0) is 110 Å². The summed E-state index contributed by atoms with van der Waals surface area (Å²) in [5.74, 6) is 1.52. The molecule has 35 heavy (non-hydrogen) atoms. The van der Waals surface area contributed by atoms with Crippen molar-refractivity contribution in [1.82, 2.24) is 0 Å². The van der Waals surface area contributed by atoms with Gasteiger partial charge in [-0.25, -0.2) is 0 Å². The van der Waals surface area contributed by atoms with Gasteiger partial charge in [-0.3, -0.25) is 9.59 Å². The van der Waals surface area contributed by atoms with E-state index in [1.165, 1.54) is 31.9 Å². The number of aliphatic hydroxyl groups excluding tert-OH is 1. The Morgan fingerprint density at radius 1 is 0.971 bits per heavy atom. The van der Waals surface area contributed by atoms with Crippen molar-refractivity contribution in [2.45, 2.75) is 106 Å². The lowest BCUT2D eigenvalue weighted by Crippen LogP contribution is -2.68. The van der Waals surface area contributed by atoms with Crippen molar-refractivity contribution in [2.24, 2.45) is 56.7 Å². The first-order valence-corrected chi connectivity index (χ1v) is 14.2. The lowest BCUT2D eigenvalue weighted by Gasteiger charge is -2.70. The molecule has 0 aromatic carbocycles. The summed E-state index contributed by atoms with van der Waals surface area (Å²) in [4.78, 5) is 27.4. The Labute approximate surface area is 212 Å². The van der Waals surface area contributed by atoms with E-state index in [0.717, 1.165) is 25.7 Å². The van der Waals surface area contributed by atoms with Gasteiger partial charge in [0, 0.05) is 5.92 Å². The summed E-state index contributed by atoms with van der Waals surface area (Å²) in [7, 11) is 1.42. The molecule has 11 atom stereocenters. The van der Waals surface area contributed by atoms with Crippen LogP contribution in [-0.2, 0) is 14.3 Å². The molecule has 0 heterocycles. The molecule has 0 bridgehead atoms. The fraction of sp³-hybridized carbons (Fsp3) is 0.871. The highest BCUT2D eigenvalue weighted by Crippen LogP contribution is 2.75. The van der Waals surface area contributed by atoms with E-state index in [2.05, 4.69) is 47.6 Å². The molecule has 0 radical (unpaired) electrons. The molecule has 0 aromatic rings. The van der Waals surface area contributed by atoms with Crippen LogP contribution < -0.4 is 0 Å². The van der Waals surface area contributed by atoms with Gasteiger partial charge in [-0.15, -0.1) is 0 Å². The molecule has 0 saturated heterocycles. The quantitative estimate of drug-likeness (QED) is 0.440. The molecule has 5 rings (SSSR count). The number of allylic oxidation sites excluding steroid dienone is 2. The minimum atomic E-state index is -0.966. The Hall–Kier alpha value is -1.16. The second-order valence-corrected chi connectivity index (χ2v) is 14.6. The molecule has 4 heteroatoms. The molecule has 4 saturated carbocycles. The van der Waals surface area contributed by atoms with E-state index >= 15 is 0 Å². The van der Waals surface area contributed by atoms with Crippen LogP contribution in [0.4, 0.5) is 0 Å². The minimum Gasteiger partial charge on any atom is -0.469 e. The summed E-state index contributed by atoms with van der Waals surface area (Å²) >= 11 is 0. The number of ether oxygens (including phenoxy) is 1. The number of hydrogen-bond acceptors (Lipinski definition) is 4. The molecule has 5 aliphatic rings. The highest BCUT2D eigenvalue weighted by atomic mass is 16.5. The Bertz CT molecular complexity index is 969. The molecule has 5 aliphatic carbocycles. The van der Waals surface area contributed by atoms with Crippen LogP contribution >= 0.6 is 0 Å². The van der Waals surface area contributed by atoms with Crippen LogP contribution in [0.2, 0.25) is 0 Å². The maximum atomic E-state index is 14.3. The van der Waals surface area contributed by atoms with Gasteiger partial charge >= 0.3 is 5.97 Å². The molecule has 0 amide bonds. The van der Waals surface area contributed by atoms with Crippen molar-refractivity contribution in [2.75, 3.05) is 7.11 Å². The fourth-order valence-corrected chi connectivity index (χ4v) is 10.9. The van der Waals surface area contributed by atoms with Crippen LogP contribution in [0.1, 0.15) is 99.8 Å². The topological polar surface area (TPSA) is 63.6 Å². The van der Waals surface area contributed by atoms with E-state index in [0.29, 0.717) is 29.6 Å². The predicted octanol–water partition coefficient (Wildman–Crippen LogP) is 6.36. The van der Waals surface area contributed by atoms with Gasteiger partial charge in [0.15, 0.2) is 5.78 Å². The maximum absolute atomic E-state index is 14.3. The van der Waals surface area contributed by atoms with Gasteiger partial charge in [0.25, 0.3) is 0 Å². The van der Waals surface area contributed by atoms with Gasteiger partial charge in [-0.2, -0.15) is 0 Å². The van der Waals surface area contributed by atoms with E-state index in [1.807, 2.05) is 6.92 Å². The first-order valence-electron chi connectivity index (χ1n) is 14.2. The standard InChI is InChI=1S/C31H48O4/c1-18-9-12-27(3)15-16-29(5)20(24(27)19(18)2)17-21(32)25-28(4)13-11-23(33)31(7,26(34)35-8)22(28)10-14-30(25,29)6/h17-19,22-25,33H,9-16H2,1-8H3/t18-,19+,22?,23?,24+,25-,27-,28+,29-,30-,31?/m1/s1. The summed E-state index contributed by atoms with van der Waals surface area (Å²) in [6.07, 6.45) is 9.42. The Morgan fingerprint density at radius 2 is 1.66 bits per heavy atom. The van der Waals surface area contributed by atoms with Crippen LogP contribution in [0, 0.1) is 56.7 Å². The van der Waals surface area contributed by atoms with Crippen molar-refractivity contribution >= 4 is 11.8 Å². The Balaban J connectivity index is 1.64. The molecule has 0 aliphatic heterocycles. The summed E-state index contributed by atoms with van der Waals surface area (Å²) in [5.41, 5.74) is 0.298. The molecular formula is C31H48O4. The Kier molecular flexibility index (Phi) is 5.59. The third-order valence-corrected chi connectivity index (χ3v) is 13.4.